The van der Waals surface area contributed by atoms with Crippen molar-refractivity contribution in [3.05, 3.63) is 39.7 Å². The Morgan fingerprint density at radius 2 is 1.96 bits per heavy atom. The van der Waals surface area contributed by atoms with Crippen molar-refractivity contribution in [2.45, 2.75) is 33.2 Å². The summed E-state index contributed by atoms with van der Waals surface area (Å²) >= 11 is 0. The third-order valence-corrected chi connectivity index (χ3v) is 4.78. The number of anilines is 1. The van der Waals surface area contributed by atoms with E-state index in [4.69, 9.17) is 4.74 Å². The van der Waals surface area contributed by atoms with Crippen molar-refractivity contribution in [3.63, 3.8) is 0 Å². The normalized spacial score (nSPS) is 15.1. The molecule has 0 radical (unpaired) electrons. The second kappa shape index (κ2) is 6.88. The maximum absolute atomic E-state index is 13.0. The molecule has 6 heteroatoms. The van der Waals surface area contributed by atoms with E-state index in [1.54, 1.807) is 0 Å². The fraction of sp³-hybridized carbons (Fsp3) is 0.474. The molecular weight excluding hydrogens is 320 g/mol. The molecule has 6 nitrogen and oxygen atoms in total. The van der Waals surface area contributed by atoms with Gasteiger partial charge in [0, 0.05) is 41.5 Å². The van der Waals surface area contributed by atoms with E-state index in [1.165, 1.54) is 0 Å². The van der Waals surface area contributed by atoms with Crippen molar-refractivity contribution < 1.29 is 14.6 Å². The maximum atomic E-state index is 13.0. The number of aromatic nitrogens is 1. The lowest BCUT2D eigenvalue weighted by Crippen LogP contribution is -2.36. The van der Waals surface area contributed by atoms with Gasteiger partial charge in [-0.2, -0.15) is 0 Å². The van der Waals surface area contributed by atoms with E-state index in [0.29, 0.717) is 24.2 Å². The molecule has 0 unspecified atom stereocenters. The third kappa shape index (κ3) is 3.26. The fourth-order valence-electron chi connectivity index (χ4n) is 3.61. The van der Waals surface area contributed by atoms with E-state index in [9.17, 15) is 14.7 Å². The molecule has 2 aromatic rings. The summed E-state index contributed by atoms with van der Waals surface area (Å²) in [4.78, 5) is 26.4. The van der Waals surface area contributed by atoms with Gasteiger partial charge in [0.25, 0.3) is 0 Å². The molecule has 1 aromatic carbocycles. The number of carboxylic acid groups (broad SMARTS) is 1. The summed E-state index contributed by atoms with van der Waals surface area (Å²) in [5, 5.41) is 9.79. The predicted molar refractivity (Wildman–Crippen MR) is 97.7 cm³/mol. The zero-order chi connectivity index (χ0) is 18.1. The van der Waals surface area contributed by atoms with E-state index in [0.717, 1.165) is 30.0 Å². The molecule has 2 heterocycles. The number of rotatable bonds is 4. The molecule has 134 valence electrons. The van der Waals surface area contributed by atoms with Gasteiger partial charge in [-0.15, -0.1) is 0 Å². The van der Waals surface area contributed by atoms with Gasteiger partial charge in [-0.1, -0.05) is 0 Å². The van der Waals surface area contributed by atoms with Crippen molar-refractivity contribution in [2.75, 3.05) is 31.2 Å². The average Bonchev–Trinajstić information content (AvgIpc) is 2.59. The van der Waals surface area contributed by atoms with E-state index < -0.39 is 5.97 Å². The van der Waals surface area contributed by atoms with Gasteiger partial charge in [0.1, 0.15) is 0 Å². The highest BCUT2D eigenvalue weighted by Gasteiger charge is 2.19. The van der Waals surface area contributed by atoms with Gasteiger partial charge in [0.05, 0.1) is 25.2 Å². The second-order valence-electron chi connectivity index (χ2n) is 6.73. The van der Waals surface area contributed by atoms with Crippen LogP contribution in [0.4, 0.5) is 5.69 Å². The summed E-state index contributed by atoms with van der Waals surface area (Å²) < 4.78 is 7.44. The van der Waals surface area contributed by atoms with Crippen LogP contribution in [0.25, 0.3) is 10.9 Å². The number of benzene rings is 1. The van der Waals surface area contributed by atoms with E-state index in [2.05, 4.69) is 9.47 Å². The topological polar surface area (TPSA) is 71.8 Å². The van der Waals surface area contributed by atoms with Crippen LogP contribution in [0.15, 0.2) is 23.0 Å². The fourth-order valence-corrected chi connectivity index (χ4v) is 3.61. The van der Waals surface area contributed by atoms with Crippen LogP contribution in [0.5, 0.6) is 0 Å². The Morgan fingerprint density at radius 3 is 2.56 bits per heavy atom. The van der Waals surface area contributed by atoms with Gasteiger partial charge in [0.15, 0.2) is 5.43 Å². The highest BCUT2D eigenvalue weighted by Crippen LogP contribution is 2.26. The Labute approximate surface area is 146 Å². The van der Waals surface area contributed by atoms with Gasteiger partial charge in [-0.05, 0) is 39.0 Å². The van der Waals surface area contributed by atoms with Crippen LogP contribution in [-0.4, -0.2) is 41.9 Å². The van der Waals surface area contributed by atoms with E-state index >= 15 is 0 Å². The highest BCUT2D eigenvalue weighted by molar-refractivity contribution is 5.85. The number of hydrogen-bond donors (Lipinski definition) is 1. The molecule has 0 spiro atoms. The minimum atomic E-state index is -0.987. The summed E-state index contributed by atoms with van der Waals surface area (Å²) in [5.74, 6) is -0.987. The summed E-state index contributed by atoms with van der Waals surface area (Å²) in [6.07, 6.45) is -0.255. The lowest BCUT2D eigenvalue weighted by atomic mass is 10.0. The second-order valence-corrected chi connectivity index (χ2v) is 6.73. The Morgan fingerprint density at radius 1 is 1.28 bits per heavy atom. The van der Waals surface area contributed by atoms with Crippen LogP contribution >= 0.6 is 0 Å². The first-order valence-corrected chi connectivity index (χ1v) is 8.62. The SMILES string of the molecule is Cc1c(CC(=O)O)c(=O)c2cc(N3CCOCC3)ccc2n1C(C)C. The first-order chi connectivity index (χ1) is 11.9. The Kier molecular flexibility index (Phi) is 4.81. The number of carbonyl (C=O) groups is 1. The standard InChI is InChI=1S/C19H24N2O4/c1-12(2)21-13(3)15(11-18(22)23)19(24)16-10-14(4-5-17(16)21)20-6-8-25-9-7-20/h4-5,10,12H,6-9,11H2,1-3H3,(H,22,23). The van der Waals surface area contributed by atoms with Crippen molar-refractivity contribution >= 4 is 22.6 Å². The lowest BCUT2D eigenvalue weighted by molar-refractivity contribution is -0.136. The van der Waals surface area contributed by atoms with E-state index in [1.807, 2.05) is 39.0 Å². The van der Waals surface area contributed by atoms with Crippen LogP contribution in [0.2, 0.25) is 0 Å². The minimum absolute atomic E-state index is 0.130. The van der Waals surface area contributed by atoms with Gasteiger partial charge in [-0.25, -0.2) is 0 Å². The highest BCUT2D eigenvalue weighted by atomic mass is 16.5. The maximum Gasteiger partial charge on any atom is 0.308 e. The summed E-state index contributed by atoms with van der Waals surface area (Å²) in [5.41, 5.74) is 2.75. The predicted octanol–water partition coefficient (Wildman–Crippen LogP) is 2.35. The molecule has 1 aromatic heterocycles. The molecule has 1 aliphatic rings. The summed E-state index contributed by atoms with van der Waals surface area (Å²) in [6, 6.07) is 6.03. The molecule has 1 aliphatic heterocycles. The number of fused-ring (bicyclic) bond motifs is 1. The number of hydrogen-bond acceptors (Lipinski definition) is 4. The molecule has 1 fully saturated rings. The molecule has 0 saturated carbocycles. The molecule has 0 amide bonds. The zero-order valence-corrected chi connectivity index (χ0v) is 14.9. The van der Waals surface area contributed by atoms with Gasteiger partial charge in [0.2, 0.25) is 0 Å². The monoisotopic (exact) mass is 344 g/mol. The lowest BCUT2D eigenvalue weighted by Gasteiger charge is -2.29. The molecule has 1 saturated heterocycles. The van der Waals surface area contributed by atoms with Crippen molar-refractivity contribution in [3.8, 4) is 0 Å². The van der Waals surface area contributed by atoms with E-state index in [-0.39, 0.29) is 17.9 Å². The Bertz CT molecular complexity index is 864. The van der Waals surface area contributed by atoms with Crippen LogP contribution in [0.3, 0.4) is 0 Å². The van der Waals surface area contributed by atoms with Crippen LogP contribution in [0.1, 0.15) is 31.1 Å². The quantitative estimate of drug-likeness (QED) is 0.922. The summed E-state index contributed by atoms with van der Waals surface area (Å²) in [6.45, 7) is 8.83. The third-order valence-electron chi connectivity index (χ3n) is 4.78. The number of aliphatic carboxylic acids is 1. The smallest absolute Gasteiger partial charge is 0.308 e. The van der Waals surface area contributed by atoms with Crippen LogP contribution in [-0.2, 0) is 16.0 Å². The zero-order valence-electron chi connectivity index (χ0n) is 14.9. The molecule has 1 N–H and O–H groups in total. The Hall–Kier alpha value is -2.34. The van der Waals surface area contributed by atoms with Crippen LogP contribution < -0.4 is 10.3 Å². The van der Waals surface area contributed by atoms with Gasteiger partial charge in [-0.3, -0.25) is 9.59 Å². The van der Waals surface area contributed by atoms with Crippen molar-refractivity contribution in [1.82, 2.24) is 4.57 Å². The minimum Gasteiger partial charge on any atom is -0.481 e. The molecule has 0 bridgehead atoms. The van der Waals surface area contributed by atoms with Crippen molar-refractivity contribution in [2.24, 2.45) is 0 Å². The number of nitrogens with zero attached hydrogens (tertiary/aromatic N) is 2. The first-order valence-electron chi connectivity index (χ1n) is 8.62. The molecule has 0 atom stereocenters. The van der Waals surface area contributed by atoms with Gasteiger partial charge >= 0.3 is 5.97 Å². The number of pyridine rings is 1. The molecule has 25 heavy (non-hydrogen) atoms. The largest absolute Gasteiger partial charge is 0.481 e. The summed E-state index contributed by atoms with van der Waals surface area (Å²) in [7, 11) is 0. The number of ether oxygens (including phenoxy) is 1. The molecule has 3 rings (SSSR count). The number of morpholine rings is 1. The van der Waals surface area contributed by atoms with Crippen molar-refractivity contribution in [1.29, 1.82) is 0 Å². The molecule has 0 aliphatic carbocycles. The number of carboxylic acids is 1. The average molecular weight is 344 g/mol. The van der Waals surface area contributed by atoms with Crippen LogP contribution in [0, 0.1) is 6.92 Å². The molecular formula is C19H24N2O4. The first kappa shape index (κ1) is 17.5. The van der Waals surface area contributed by atoms with Gasteiger partial charge < -0.3 is 19.3 Å². The Balaban J connectivity index is 2.23.